The third kappa shape index (κ3) is 3.96. The molecule has 0 atom stereocenters. The molecular weight excluding hydrogens is 384 g/mol. The van der Waals surface area contributed by atoms with Crippen LogP contribution in [-0.4, -0.2) is 9.97 Å². The van der Waals surface area contributed by atoms with Crippen LogP contribution in [-0.2, 0) is 12.4 Å². The van der Waals surface area contributed by atoms with Crippen LogP contribution in [0.4, 0.5) is 32.3 Å². The van der Waals surface area contributed by atoms with E-state index in [1.807, 2.05) is 4.98 Å². The van der Waals surface area contributed by atoms with E-state index in [0.717, 1.165) is 12.1 Å². The number of nitrogens with zero attached hydrogens (tertiary/aromatic N) is 1. The van der Waals surface area contributed by atoms with Crippen molar-refractivity contribution in [3.8, 4) is 0 Å². The second-order valence-corrected chi connectivity index (χ2v) is 5.86. The summed E-state index contributed by atoms with van der Waals surface area (Å²) in [5.41, 5.74) is 1.04. The van der Waals surface area contributed by atoms with Crippen molar-refractivity contribution in [2.75, 3.05) is 5.73 Å². The van der Waals surface area contributed by atoms with Crippen molar-refractivity contribution in [1.82, 2.24) is 9.97 Å². The summed E-state index contributed by atoms with van der Waals surface area (Å²) >= 11 is 5.61. The molecule has 4 nitrogen and oxygen atoms in total. The Morgan fingerprint density at radius 2 is 1.75 bits per heavy atom. The first-order valence-electron chi connectivity index (χ1n) is 5.91. The predicted octanol–water partition coefficient (Wildman–Crippen LogP) is 4.19. The van der Waals surface area contributed by atoms with Crippen molar-refractivity contribution in [1.29, 1.82) is 0 Å². The number of halogens is 7. The quantitative estimate of drug-likeness (QED) is 0.755. The molecular formula is C12H6ClF6N3OS. The molecule has 0 fully saturated rings. The average Bonchev–Trinajstić information content (AvgIpc) is 2.41. The molecule has 0 aliphatic rings. The summed E-state index contributed by atoms with van der Waals surface area (Å²) in [7, 11) is 0. The van der Waals surface area contributed by atoms with Gasteiger partial charge in [-0.25, -0.2) is 4.98 Å². The Kier molecular flexibility index (Phi) is 4.77. The number of nitrogen functional groups attached to an aromatic ring is 1. The van der Waals surface area contributed by atoms with Gasteiger partial charge in [0.1, 0.15) is 4.90 Å². The zero-order chi connectivity index (χ0) is 18.3. The lowest BCUT2D eigenvalue weighted by Gasteiger charge is -2.13. The highest BCUT2D eigenvalue weighted by Crippen LogP contribution is 2.40. The van der Waals surface area contributed by atoms with Crippen LogP contribution in [0.3, 0.4) is 0 Å². The van der Waals surface area contributed by atoms with Crippen LogP contribution in [0.5, 0.6) is 0 Å². The highest BCUT2D eigenvalue weighted by Gasteiger charge is 2.38. The molecule has 0 amide bonds. The van der Waals surface area contributed by atoms with Crippen molar-refractivity contribution in [2.24, 2.45) is 0 Å². The molecule has 0 spiro atoms. The van der Waals surface area contributed by atoms with E-state index in [1.165, 1.54) is 0 Å². The van der Waals surface area contributed by atoms with Gasteiger partial charge >= 0.3 is 12.4 Å². The lowest BCUT2D eigenvalue weighted by atomic mass is 10.2. The minimum absolute atomic E-state index is 0.175. The van der Waals surface area contributed by atoms with E-state index in [0.29, 0.717) is 6.07 Å². The van der Waals surface area contributed by atoms with E-state index >= 15 is 0 Å². The summed E-state index contributed by atoms with van der Waals surface area (Å²) in [5.74, 6) is -0.760. The van der Waals surface area contributed by atoms with Gasteiger partial charge in [0, 0.05) is 4.90 Å². The molecule has 1 aromatic carbocycles. The Labute approximate surface area is 139 Å². The van der Waals surface area contributed by atoms with E-state index in [4.69, 9.17) is 17.3 Å². The number of rotatable bonds is 2. The van der Waals surface area contributed by atoms with Crippen LogP contribution < -0.4 is 11.3 Å². The maximum atomic E-state index is 13.0. The van der Waals surface area contributed by atoms with Gasteiger partial charge in [0.25, 0.3) is 5.56 Å². The maximum absolute atomic E-state index is 13.0. The summed E-state index contributed by atoms with van der Waals surface area (Å²) < 4.78 is 77.3. The van der Waals surface area contributed by atoms with Crippen LogP contribution in [0.15, 0.2) is 32.8 Å². The number of hydrogen-bond donors (Lipinski definition) is 2. The number of aromatic amines is 1. The second-order valence-electron chi connectivity index (χ2n) is 4.37. The molecule has 1 heterocycles. The van der Waals surface area contributed by atoms with Crippen molar-refractivity contribution in [3.63, 3.8) is 0 Å². The van der Waals surface area contributed by atoms with Crippen LogP contribution >= 0.6 is 23.4 Å². The van der Waals surface area contributed by atoms with E-state index in [9.17, 15) is 31.1 Å². The van der Waals surface area contributed by atoms with E-state index in [-0.39, 0.29) is 16.7 Å². The number of alkyl halides is 6. The number of H-pyrrole nitrogens is 1. The Balaban J connectivity index is 2.56. The zero-order valence-electron chi connectivity index (χ0n) is 11.2. The van der Waals surface area contributed by atoms with Gasteiger partial charge in [0.2, 0.25) is 5.95 Å². The molecule has 0 radical (unpaired) electrons. The van der Waals surface area contributed by atoms with Crippen molar-refractivity contribution >= 4 is 29.3 Å². The monoisotopic (exact) mass is 389 g/mol. The lowest BCUT2D eigenvalue weighted by Crippen LogP contribution is -2.21. The second kappa shape index (κ2) is 6.20. The van der Waals surface area contributed by atoms with Crippen LogP contribution in [0.25, 0.3) is 0 Å². The zero-order valence-corrected chi connectivity index (χ0v) is 12.8. The van der Waals surface area contributed by atoms with Crippen LogP contribution in [0, 0.1) is 0 Å². The number of benzene rings is 1. The maximum Gasteiger partial charge on any atom is 0.434 e. The van der Waals surface area contributed by atoms with Gasteiger partial charge in [-0.15, -0.1) is 0 Å². The van der Waals surface area contributed by atoms with Gasteiger partial charge in [0.05, 0.1) is 10.6 Å². The summed E-state index contributed by atoms with van der Waals surface area (Å²) in [4.78, 5) is 15.4. The standard InChI is InChI=1S/C12H6ClF6N3OS/c13-6-2-1-4(3-5(6)11(14,15)16)24-7-8(12(17,18)19)21-10(20)22-9(7)23/h1-3H,(H3,20,21,22,23). The minimum atomic E-state index is -5.01. The predicted molar refractivity (Wildman–Crippen MR) is 74.8 cm³/mol. The molecule has 24 heavy (non-hydrogen) atoms. The summed E-state index contributed by atoms with van der Waals surface area (Å²) in [6, 6.07) is 2.47. The first-order valence-corrected chi connectivity index (χ1v) is 7.10. The Bertz CT molecular complexity index is 833. The summed E-state index contributed by atoms with van der Waals surface area (Å²) in [6.07, 6.45) is -9.81. The molecule has 0 saturated carbocycles. The molecule has 2 aromatic rings. The molecule has 0 aliphatic carbocycles. The normalized spacial score (nSPS) is 12.5. The highest BCUT2D eigenvalue weighted by atomic mass is 35.5. The number of nitrogens with one attached hydrogen (secondary N) is 1. The Hall–Kier alpha value is -1.88. The molecule has 0 unspecified atom stereocenters. The molecule has 1 aromatic heterocycles. The largest absolute Gasteiger partial charge is 0.434 e. The summed E-state index contributed by atoms with van der Waals surface area (Å²) in [5, 5.41) is -0.618. The molecule has 12 heteroatoms. The third-order valence-corrected chi connectivity index (χ3v) is 4.03. The topological polar surface area (TPSA) is 71.8 Å². The van der Waals surface area contributed by atoms with Crippen molar-refractivity contribution in [3.05, 3.63) is 44.8 Å². The van der Waals surface area contributed by atoms with Crippen LogP contribution in [0.2, 0.25) is 5.02 Å². The Morgan fingerprint density at radius 1 is 1.12 bits per heavy atom. The smallest absolute Gasteiger partial charge is 0.369 e. The molecule has 3 N–H and O–H groups in total. The molecule has 130 valence electrons. The van der Waals surface area contributed by atoms with E-state index in [1.54, 1.807) is 0 Å². The van der Waals surface area contributed by atoms with Gasteiger partial charge in [-0.1, -0.05) is 23.4 Å². The average molecular weight is 390 g/mol. The third-order valence-electron chi connectivity index (χ3n) is 2.63. The number of hydrogen-bond acceptors (Lipinski definition) is 4. The number of aromatic nitrogens is 2. The molecule has 0 bridgehead atoms. The highest BCUT2D eigenvalue weighted by molar-refractivity contribution is 7.99. The van der Waals surface area contributed by atoms with Gasteiger partial charge in [0.15, 0.2) is 5.69 Å². The van der Waals surface area contributed by atoms with Gasteiger partial charge in [-0.05, 0) is 18.2 Å². The first kappa shape index (κ1) is 18.5. The van der Waals surface area contributed by atoms with Gasteiger partial charge in [-0.2, -0.15) is 26.3 Å². The van der Waals surface area contributed by atoms with Gasteiger partial charge in [-0.3, -0.25) is 9.78 Å². The lowest BCUT2D eigenvalue weighted by molar-refractivity contribution is -0.143. The number of anilines is 1. The number of nitrogens with two attached hydrogens (primary N) is 1. The molecule has 2 rings (SSSR count). The molecule has 0 saturated heterocycles. The summed E-state index contributed by atoms with van der Waals surface area (Å²) in [6.45, 7) is 0. The minimum Gasteiger partial charge on any atom is -0.369 e. The fourth-order valence-corrected chi connectivity index (χ4v) is 2.84. The van der Waals surface area contributed by atoms with E-state index < -0.39 is 45.0 Å². The van der Waals surface area contributed by atoms with Crippen molar-refractivity contribution < 1.29 is 26.3 Å². The fraction of sp³-hybridized carbons (Fsp3) is 0.167. The van der Waals surface area contributed by atoms with E-state index in [2.05, 4.69) is 4.98 Å². The van der Waals surface area contributed by atoms with Gasteiger partial charge < -0.3 is 5.73 Å². The fourth-order valence-electron chi connectivity index (χ4n) is 1.67. The molecule has 0 aliphatic heterocycles. The Morgan fingerprint density at radius 3 is 2.29 bits per heavy atom. The first-order chi connectivity index (χ1) is 10.9. The SMILES string of the molecule is Nc1nc(C(F)(F)F)c(Sc2ccc(Cl)c(C(F)(F)F)c2)c(=O)[nH]1. The van der Waals surface area contributed by atoms with Crippen LogP contribution in [0.1, 0.15) is 11.3 Å². The van der Waals surface area contributed by atoms with Crippen molar-refractivity contribution in [2.45, 2.75) is 22.1 Å².